The number of aromatic nitrogens is 1. The lowest BCUT2D eigenvalue weighted by Gasteiger charge is -2.23. The zero-order valence-electron chi connectivity index (χ0n) is 17.1. The summed E-state index contributed by atoms with van der Waals surface area (Å²) >= 11 is 1.65. The van der Waals surface area contributed by atoms with Crippen LogP contribution < -0.4 is 5.32 Å². The van der Waals surface area contributed by atoms with Gasteiger partial charge in [0.2, 0.25) is 11.8 Å². The summed E-state index contributed by atoms with van der Waals surface area (Å²) in [6, 6.07) is 22.0. The lowest BCUT2D eigenvalue weighted by molar-refractivity contribution is -0.133. The Hall–Kier alpha value is -3.25. The van der Waals surface area contributed by atoms with Crippen LogP contribution in [0.15, 0.2) is 66.7 Å². The number of likely N-dealkylation sites (tertiary alicyclic amines) is 1. The second-order valence-electron chi connectivity index (χ2n) is 7.86. The number of benzene rings is 3. The Kier molecular flexibility index (Phi) is 5.38. The summed E-state index contributed by atoms with van der Waals surface area (Å²) in [6.45, 7) is 0.726. The quantitative estimate of drug-likeness (QED) is 0.509. The van der Waals surface area contributed by atoms with Crippen molar-refractivity contribution in [2.75, 3.05) is 13.1 Å². The normalized spacial score (nSPS) is 16.1. The maximum Gasteiger partial charge on any atom is 0.242 e. The van der Waals surface area contributed by atoms with Crippen molar-refractivity contribution in [3.63, 3.8) is 0 Å². The van der Waals surface area contributed by atoms with E-state index in [1.807, 2.05) is 65.6 Å². The maximum absolute atomic E-state index is 12.9. The summed E-state index contributed by atoms with van der Waals surface area (Å²) in [5, 5.41) is 5.99. The molecule has 1 aliphatic rings. The molecule has 1 N–H and O–H groups in total. The molecule has 0 radical (unpaired) electrons. The first-order valence-corrected chi connectivity index (χ1v) is 11.4. The number of nitrogens with zero attached hydrogens (tertiary/aromatic N) is 2. The van der Waals surface area contributed by atoms with Gasteiger partial charge in [-0.05, 0) is 41.3 Å². The third-order valence-electron chi connectivity index (χ3n) is 5.84. The van der Waals surface area contributed by atoms with Crippen LogP contribution in [0, 0.1) is 0 Å². The second-order valence-corrected chi connectivity index (χ2v) is 8.92. The van der Waals surface area contributed by atoms with E-state index >= 15 is 0 Å². The number of carbonyl (C=O) groups excluding carboxylic acids is 2. The number of rotatable bonds is 5. The summed E-state index contributed by atoms with van der Waals surface area (Å²) in [7, 11) is 0. The van der Waals surface area contributed by atoms with Crippen LogP contribution in [0.3, 0.4) is 0 Å². The number of para-hydroxylation sites is 1. The Morgan fingerprint density at radius 3 is 2.74 bits per heavy atom. The zero-order valence-corrected chi connectivity index (χ0v) is 17.9. The van der Waals surface area contributed by atoms with E-state index in [1.165, 1.54) is 0 Å². The van der Waals surface area contributed by atoms with Crippen molar-refractivity contribution in [1.82, 2.24) is 15.2 Å². The molecule has 0 unspecified atom stereocenters. The first-order chi connectivity index (χ1) is 15.2. The van der Waals surface area contributed by atoms with E-state index in [9.17, 15) is 9.59 Å². The van der Waals surface area contributed by atoms with Crippen molar-refractivity contribution >= 4 is 44.1 Å². The summed E-state index contributed by atoms with van der Waals surface area (Å²) in [5.74, 6) is -0.187. The minimum atomic E-state index is -0.138. The predicted octanol–water partition coefficient (Wildman–Crippen LogP) is 4.47. The van der Waals surface area contributed by atoms with Crippen LogP contribution in [0.1, 0.15) is 29.5 Å². The van der Waals surface area contributed by atoms with Gasteiger partial charge in [0.1, 0.15) is 5.01 Å². The van der Waals surface area contributed by atoms with E-state index in [0.29, 0.717) is 6.54 Å². The molecule has 0 bridgehead atoms. The van der Waals surface area contributed by atoms with Crippen molar-refractivity contribution in [3.8, 4) is 0 Å². The number of carbonyl (C=O) groups is 2. The molecule has 1 saturated heterocycles. The van der Waals surface area contributed by atoms with E-state index in [0.717, 1.165) is 44.4 Å². The number of hydrogen-bond acceptors (Lipinski definition) is 4. The van der Waals surface area contributed by atoms with Crippen LogP contribution in [0.4, 0.5) is 0 Å². The number of nitrogens with one attached hydrogen (secondary N) is 1. The average Bonchev–Trinajstić information content (AvgIpc) is 3.44. The molecule has 0 aliphatic carbocycles. The molecule has 5 nitrogen and oxygen atoms in total. The van der Waals surface area contributed by atoms with Crippen LogP contribution in [0.2, 0.25) is 0 Å². The number of amides is 2. The molecule has 6 heteroatoms. The largest absolute Gasteiger partial charge is 0.347 e. The van der Waals surface area contributed by atoms with Crippen molar-refractivity contribution in [2.45, 2.75) is 25.3 Å². The minimum Gasteiger partial charge on any atom is -0.347 e. The molecule has 3 aromatic carbocycles. The van der Waals surface area contributed by atoms with Gasteiger partial charge in [-0.2, -0.15) is 0 Å². The van der Waals surface area contributed by atoms with Gasteiger partial charge in [-0.1, -0.05) is 54.6 Å². The molecule has 2 heterocycles. The number of thiazole rings is 1. The monoisotopic (exact) mass is 429 g/mol. The fourth-order valence-electron chi connectivity index (χ4n) is 4.31. The summed E-state index contributed by atoms with van der Waals surface area (Å²) in [4.78, 5) is 32.1. The molecular formula is C25H23N3O2S. The highest BCUT2D eigenvalue weighted by molar-refractivity contribution is 7.18. The highest BCUT2D eigenvalue weighted by atomic mass is 32.1. The smallest absolute Gasteiger partial charge is 0.242 e. The maximum atomic E-state index is 12.9. The Balaban J connectivity index is 1.23. The molecule has 1 aliphatic heterocycles. The lowest BCUT2D eigenvalue weighted by Crippen LogP contribution is -2.40. The van der Waals surface area contributed by atoms with Gasteiger partial charge in [0, 0.05) is 6.54 Å². The Bertz CT molecular complexity index is 1230. The van der Waals surface area contributed by atoms with Crippen molar-refractivity contribution in [3.05, 3.63) is 77.3 Å². The fourth-order valence-corrected chi connectivity index (χ4v) is 5.43. The number of fused-ring (bicyclic) bond motifs is 2. The average molecular weight is 430 g/mol. The van der Waals surface area contributed by atoms with Gasteiger partial charge in [-0.25, -0.2) is 4.98 Å². The SMILES string of the molecule is O=C(Cc1cccc2ccccc12)NCC(=O)N1CCC[C@@H]1c1nc2ccccc2s1. The summed E-state index contributed by atoms with van der Waals surface area (Å²) < 4.78 is 1.14. The van der Waals surface area contributed by atoms with Crippen LogP contribution in [-0.2, 0) is 16.0 Å². The van der Waals surface area contributed by atoms with E-state index in [2.05, 4.69) is 11.4 Å². The van der Waals surface area contributed by atoms with Gasteiger partial charge >= 0.3 is 0 Å². The van der Waals surface area contributed by atoms with Gasteiger partial charge in [0.25, 0.3) is 0 Å². The van der Waals surface area contributed by atoms with Crippen molar-refractivity contribution in [1.29, 1.82) is 0 Å². The van der Waals surface area contributed by atoms with Gasteiger partial charge in [0.05, 0.1) is 29.2 Å². The fraction of sp³-hybridized carbons (Fsp3) is 0.240. The zero-order chi connectivity index (χ0) is 21.2. The van der Waals surface area contributed by atoms with Gasteiger partial charge in [0.15, 0.2) is 0 Å². The molecule has 1 fully saturated rings. The molecular weight excluding hydrogens is 406 g/mol. The van der Waals surface area contributed by atoms with E-state index in [1.54, 1.807) is 11.3 Å². The first-order valence-electron chi connectivity index (χ1n) is 10.6. The number of hydrogen-bond donors (Lipinski definition) is 1. The van der Waals surface area contributed by atoms with Gasteiger partial charge in [-0.3, -0.25) is 9.59 Å². The molecule has 4 aromatic rings. The second kappa shape index (κ2) is 8.47. The van der Waals surface area contributed by atoms with Crippen LogP contribution in [-0.4, -0.2) is 34.8 Å². The lowest BCUT2D eigenvalue weighted by atomic mass is 10.0. The third-order valence-corrected chi connectivity index (χ3v) is 6.97. The summed E-state index contributed by atoms with van der Waals surface area (Å²) in [5.41, 5.74) is 1.95. The predicted molar refractivity (Wildman–Crippen MR) is 124 cm³/mol. The van der Waals surface area contributed by atoms with Crippen LogP contribution in [0.25, 0.3) is 21.0 Å². The molecule has 5 rings (SSSR count). The highest BCUT2D eigenvalue weighted by Gasteiger charge is 2.32. The van der Waals surface area contributed by atoms with Gasteiger partial charge in [-0.15, -0.1) is 11.3 Å². The minimum absolute atomic E-state index is 0.000121. The molecule has 1 atom stereocenters. The topological polar surface area (TPSA) is 62.3 Å². The van der Waals surface area contributed by atoms with Crippen LogP contribution in [0.5, 0.6) is 0 Å². The Morgan fingerprint density at radius 1 is 1.03 bits per heavy atom. The van der Waals surface area contributed by atoms with Gasteiger partial charge < -0.3 is 10.2 Å². The molecule has 31 heavy (non-hydrogen) atoms. The van der Waals surface area contributed by atoms with Crippen LogP contribution >= 0.6 is 11.3 Å². The van der Waals surface area contributed by atoms with E-state index in [4.69, 9.17) is 4.98 Å². The highest BCUT2D eigenvalue weighted by Crippen LogP contribution is 2.36. The summed E-state index contributed by atoms with van der Waals surface area (Å²) in [6.07, 6.45) is 2.13. The Labute approximate surface area is 184 Å². The van der Waals surface area contributed by atoms with Crippen molar-refractivity contribution in [2.24, 2.45) is 0 Å². The molecule has 2 amide bonds. The third kappa shape index (κ3) is 4.03. The van der Waals surface area contributed by atoms with Crippen molar-refractivity contribution < 1.29 is 9.59 Å². The molecule has 156 valence electrons. The Morgan fingerprint density at radius 2 is 1.84 bits per heavy atom. The first kappa shape index (κ1) is 19.7. The van der Waals surface area contributed by atoms with E-state index in [-0.39, 0.29) is 30.8 Å². The standard InChI is InChI=1S/C25H23N3O2S/c29-23(15-18-9-5-8-17-7-1-2-10-19(17)18)26-16-24(30)28-14-6-12-21(28)25-27-20-11-3-4-13-22(20)31-25/h1-5,7-11,13,21H,6,12,14-16H2,(H,26,29)/t21-/m1/s1. The molecule has 1 aromatic heterocycles. The molecule has 0 saturated carbocycles. The molecule has 0 spiro atoms. The van der Waals surface area contributed by atoms with E-state index < -0.39 is 0 Å².